The van der Waals surface area contributed by atoms with E-state index in [0.717, 1.165) is 0 Å². The van der Waals surface area contributed by atoms with E-state index < -0.39 is 12.0 Å². The maximum absolute atomic E-state index is 12.2. The molecule has 1 aliphatic rings. The maximum atomic E-state index is 12.2. The summed E-state index contributed by atoms with van der Waals surface area (Å²) in [6.45, 7) is 0. The third-order valence-electron chi connectivity index (χ3n) is 3.09. The van der Waals surface area contributed by atoms with Crippen molar-refractivity contribution in [3.05, 3.63) is 58.1 Å². The summed E-state index contributed by atoms with van der Waals surface area (Å²) in [7, 11) is 0. The molecule has 0 aliphatic carbocycles. The highest BCUT2D eigenvalue weighted by Crippen LogP contribution is 2.45. The zero-order valence-corrected chi connectivity index (χ0v) is 11.2. The predicted molar refractivity (Wildman–Crippen MR) is 75.0 cm³/mol. The molecule has 0 saturated carbocycles. The van der Waals surface area contributed by atoms with Gasteiger partial charge in [0.1, 0.15) is 0 Å². The largest absolute Gasteiger partial charge is 0.378 e. The van der Waals surface area contributed by atoms with Gasteiger partial charge in [0.15, 0.2) is 6.10 Å². The van der Waals surface area contributed by atoms with Crippen molar-refractivity contribution in [1.82, 2.24) is 0 Å². The van der Waals surface area contributed by atoms with Crippen LogP contribution in [0.1, 0.15) is 11.7 Å². The molecule has 3 rings (SSSR count). The van der Waals surface area contributed by atoms with E-state index in [2.05, 4.69) is 0 Å². The number of benzene rings is 2. The van der Waals surface area contributed by atoms with Crippen molar-refractivity contribution in [2.24, 2.45) is 0 Å². The minimum Gasteiger partial charge on any atom is -0.378 e. The number of carbonyl (C=O) groups excluding carboxylic acids is 1. The molecule has 1 atom stereocenters. The maximum Gasteiger partial charge on any atom is 0.265 e. The Morgan fingerprint density at radius 2 is 1.63 bits per heavy atom. The Labute approximate surface area is 120 Å². The van der Waals surface area contributed by atoms with Gasteiger partial charge in [-0.05, 0) is 18.2 Å². The van der Waals surface area contributed by atoms with Gasteiger partial charge in [-0.25, -0.2) is 0 Å². The third-order valence-corrected chi connectivity index (χ3v) is 3.70. The second-order valence-electron chi connectivity index (χ2n) is 4.21. The van der Waals surface area contributed by atoms with Gasteiger partial charge in [0.25, 0.3) is 5.91 Å². The van der Waals surface area contributed by atoms with E-state index >= 15 is 0 Å². The molecule has 0 fully saturated rings. The van der Waals surface area contributed by atoms with Gasteiger partial charge >= 0.3 is 0 Å². The molecular weight excluding hydrogens is 285 g/mol. The molecule has 3 nitrogen and oxygen atoms in total. The number of hydrogen-bond donors (Lipinski definition) is 1. The summed E-state index contributed by atoms with van der Waals surface area (Å²) >= 11 is 12.3. The van der Waals surface area contributed by atoms with Crippen molar-refractivity contribution >= 4 is 40.5 Å². The van der Waals surface area contributed by atoms with Crippen LogP contribution in [-0.4, -0.2) is 11.0 Å². The van der Waals surface area contributed by atoms with Crippen LogP contribution < -0.4 is 4.90 Å². The Morgan fingerprint density at radius 3 is 2.32 bits per heavy atom. The Morgan fingerprint density at radius 1 is 1.00 bits per heavy atom. The van der Waals surface area contributed by atoms with Crippen LogP contribution in [0.25, 0.3) is 0 Å². The zero-order valence-electron chi connectivity index (χ0n) is 9.68. The van der Waals surface area contributed by atoms with Crippen LogP contribution in [0, 0.1) is 0 Å². The van der Waals surface area contributed by atoms with Crippen molar-refractivity contribution < 1.29 is 9.90 Å². The summed E-state index contributed by atoms with van der Waals surface area (Å²) in [5, 5.41) is 10.7. The number of para-hydroxylation sites is 2. The molecule has 1 N–H and O–H groups in total. The smallest absolute Gasteiger partial charge is 0.265 e. The van der Waals surface area contributed by atoms with Gasteiger partial charge in [-0.2, -0.15) is 0 Å². The quantitative estimate of drug-likeness (QED) is 0.871. The van der Waals surface area contributed by atoms with Crippen LogP contribution in [0.15, 0.2) is 42.5 Å². The number of fused-ring (bicyclic) bond motifs is 1. The number of amides is 1. The highest BCUT2D eigenvalue weighted by molar-refractivity contribution is 6.40. The average Bonchev–Trinajstić information content (AvgIpc) is 2.64. The van der Waals surface area contributed by atoms with Crippen molar-refractivity contribution in [2.75, 3.05) is 4.90 Å². The van der Waals surface area contributed by atoms with Crippen molar-refractivity contribution in [3.63, 3.8) is 0 Å². The molecule has 1 amide bonds. The van der Waals surface area contributed by atoms with Crippen LogP contribution in [0.3, 0.4) is 0 Å². The summed E-state index contributed by atoms with van der Waals surface area (Å²) in [6, 6.07) is 12.0. The van der Waals surface area contributed by atoms with E-state index in [-0.39, 0.29) is 0 Å². The molecule has 0 radical (unpaired) electrons. The lowest BCUT2D eigenvalue weighted by molar-refractivity contribution is -0.125. The van der Waals surface area contributed by atoms with Gasteiger partial charge in [0, 0.05) is 5.56 Å². The van der Waals surface area contributed by atoms with E-state index in [0.29, 0.717) is 27.0 Å². The number of rotatable bonds is 1. The highest BCUT2D eigenvalue weighted by atomic mass is 35.5. The Balaban J connectivity index is 2.24. The Hall–Kier alpha value is -1.55. The van der Waals surface area contributed by atoms with Crippen LogP contribution in [0.5, 0.6) is 0 Å². The summed E-state index contributed by atoms with van der Waals surface area (Å²) in [5.74, 6) is -0.448. The molecule has 0 bridgehead atoms. The molecule has 19 heavy (non-hydrogen) atoms. The lowest BCUT2D eigenvalue weighted by Gasteiger charge is -2.20. The molecule has 5 heteroatoms. The van der Waals surface area contributed by atoms with E-state index in [1.807, 2.05) is 0 Å². The van der Waals surface area contributed by atoms with Gasteiger partial charge in [-0.15, -0.1) is 0 Å². The van der Waals surface area contributed by atoms with Crippen molar-refractivity contribution in [3.8, 4) is 0 Å². The lowest BCUT2D eigenvalue weighted by atomic mass is 10.1. The molecule has 2 aromatic rings. The summed E-state index contributed by atoms with van der Waals surface area (Å²) in [5.41, 5.74) is 1.57. The number of aliphatic hydroxyl groups is 1. The van der Waals surface area contributed by atoms with Gasteiger partial charge in [-0.1, -0.05) is 47.5 Å². The fourth-order valence-corrected chi connectivity index (χ4v) is 2.80. The van der Waals surface area contributed by atoms with E-state index in [9.17, 15) is 9.90 Å². The number of nitrogens with zero attached hydrogens (tertiary/aromatic N) is 1. The van der Waals surface area contributed by atoms with Crippen LogP contribution in [0.2, 0.25) is 10.0 Å². The van der Waals surface area contributed by atoms with Crippen molar-refractivity contribution in [2.45, 2.75) is 6.10 Å². The van der Waals surface area contributed by atoms with Crippen LogP contribution >= 0.6 is 23.2 Å². The minimum atomic E-state index is -1.18. The molecule has 0 saturated heterocycles. The molecule has 96 valence electrons. The fraction of sp³-hybridized carbons (Fsp3) is 0.0714. The SMILES string of the molecule is O=C1C(O)c2ccccc2N1c1c(Cl)cccc1Cl. The molecule has 1 heterocycles. The van der Waals surface area contributed by atoms with Crippen molar-refractivity contribution in [1.29, 1.82) is 0 Å². The number of halogens is 2. The normalized spacial score (nSPS) is 17.7. The molecule has 0 spiro atoms. The van der Waals surface area contributed by atoms with Gasteiger partial charge in [-0.3, -0.25) is 9.69 Å². The number of hydrogen-bond acceptors (Lipinski definition) is 2. The van der Waals surface area contributed by atoms with Crippen LogP contribution in [0.4, 0.5) is 11.4 Å². The van der Waals surface area contributed by atoms with Gasteiger partial charge < -0.3 is 5.11 Å². The molecule has 1 unspecified atom stereocenters. The van der Waals surface area contributed by atoms with Crippen LogP contribution in [-0.2, 0) is 4.79 Å². The molecular formula is C14H9Cl2NO2. The first-order valence-corrected chi connectivity index (χ1v) is 6.42. The standard InChI is InChI=1S/C14H9Cl2NO2/c15-9-5-3-6-10(16)12(9)17-11-7-2-1-4-8(11)13(18)14(17)19/h1-7,13,18H. The Kier molecular flexibility index (Phi) is 2.97. The Bertz CT molecular complexity index is 652. The first-order chi connectivity index (χ1) is 9.11. The number of aliphatic hydroxyl groups excluding tert-OH is 1. The van der Waals surface area contributed by atoms with E-state index in [1.165, 1.54) is 4.90 Å². The highest BCUT2D eigenvalue weighted by Gasteiger charge is 2.38. The topological polar surface area (TPSA) is 40.5 Å². The monoisotopic (exact) mass is 293 g/mol. The van der Waals surface area contributed by atoms with E-state index in [1.54, 1.807) is 42.5 Å². The summed E-state index contributed by atoms with van der Waals surface area (Å²) in [4.78, 5) is 13.6. The first-order valence-electron chi connectivity index (χ1n) is 5.66. The molecule has 2 aromatic carbocycles. The molecule has 1 aliphatic heterocycles. The number of anilines is 2. The summed E-state index contributed by atoms with van der Waals surface area (Å²) < 4.78 is 0. The second-order valence-corrected chi connectivity index (χ2v) is 5.02. The minimum absolute atomic E-state index is 0.366. The van der Waals surface area contributed by atoms with E-state index in [4.69, 9.17) is 23.2 Å². The van der Waals surface area contributed by atoms with Gasteiger partial charge in [0.05, 0.1) is 21.4 Å². The lowest BCUT2D eigenvalue weighted by Crippen LogP contribution is -2.24. The molecule has 0 aromatic heterocycles. The first kappa shape index (κ1) is 12.5. The summed E-state index contributed by atoms with van der Waals surface area (Å²) in [6.07, 6.45) is -1.18. The zero-order chi connectivity index (χ0) is 13.6. The van der Waals surface area contributed by atoms with Gasteiger partial charge in [0.2, 0.25) is 0 Å². The third kappa shape index (κ3) is 1.82. The number of carbonyl (C=O) groups is 1. The second kappa shape index (κ2) is 4.53. The predicted octanol–water partition coefficient (Wildman–Crippen LogP) is 3.71. The average molecular weight is 294 g/mol. The fourth-order valence-electron chi connectivity index (χ4n) is 2.23.